The third-order valence-corrected chi connectivity index (χ3v) is 2.26. The standard InChI is InChI=1S/C10H23NO2/c1-5-9(11)8-13-7-6-10(2,3)12-4/h9H,5-8,11H2,1-4H3. The molecule has 0 rings (SSSR count). The highest BCUT2D eigenvalue weighted by atomic mass is 16.5. The van der Waals surface area contributed by atoms with Gasteiger partial charge in [0, 0.05) is 19.8 Å². The maximum absolute atomic E-state index is 5.70. The summed E-state index contributed by atoms with van der Waals surface area (Å²) >= 11 is 0. The van der Waals surface area contributed by atoms with Crippen molar-refractivity contribution in [3.05, 3.63) is 0 Å². The molecule has 0 aliphatic heterocycles. The van der Waals surface area contributed by atoms with Gasteiger partial charge in [0.2, 0.25) is 0 Å². The first kappa shape index (κ1) is 12.9. The van der Waals surface area contributed by atoms with Crippen LogP contribution in [0.1, 0.15) is 33.6 Å². The van der Waals surface area contributed by atoms with E-state index in [0.717, 1.165) is 12.8 Å². The average Bonchev–Trinajstić information content (AvgIpc) is 2.12. The van der Waals surface area contributed by atoms with Gasteiger partial charge in [-0.05, 0) is 26.7 Å². The van der Waals surface area contributed by atoms with Crippen LogP contribution in [-0.2, 0) is 9.47 Å². The molecule has 0 aliphatic carbocycles. The lowest BCUT2D eigenvalue weighted by Crippen LogP contribution is -2.28. The summed E-state index contributed by atoms with van der Waals surface area (Å²) in [5, 5.41) is 0. The summed E-state index contributed by atoms with van der Waals surface area (Å²) in [5.74, 6) is 0. The van der Waals surface area contributed by atoms with Crippen LogP contribution in [-0.4, -0.2) is 32.0 Å². The minimum atomic E-state index is -0.0870. The molecule has 1 unspecified atom stereocenters. The van der Waals surface area contributed by atoms with Crippen LogP contribution in [0.25, 0.3) is 0 Å². The average molecular weight is 189 g/mol. The quantitative estimate of drug-likeness (QED) is 0.618. The predicted octanol–water partition coefficient (Wildman–Crippen LogP) is 1.56. The Labute approximate surface area is 81.6 Å². The van der Waals surface area contributed by atoms with E-state index in [-0.39, 0.29) is 11.6 Å². The Hall–Kier alpha value is -0.120. The van der Waals surface area contributed by atoms with Gasteiger partial charge in [0.05, 0.1) is 12.2 Å². The highest BCUT2D eigenvalue weighted by Crippen LogP contribution is 2.12. The van der Waals surface area contributed by atoms with Crippen molar-refractivity contribution < 1.29 is 9.47 Å². The molecule has 13 heavy (non-hydrogen) atoms. The number of nitrogens with two attached hydrogens (primary N) is 1. The summed E-state index contributed by atoms with van der Waals surface area (Å²) < 4.78 is 10.7. The monoisotopic (exact) mass is 189 g/mol. The van der Waals surface area contributed by atoms with Gasteiger partial charge in [-0.2, -0.15) is 0 Å². The van der Waals surface area contributed by atoms with Crippen LogP contribution in [0.4, 0.5) is 0 Å². The normalized spacial score (nSPS) is 14.5. The van der Waals surface area contributed by atoms with Crippen molar-refractivity contribution in [2.24, 2.45) is 5.73 Å². The van der Waals surface area contributed by atoms with Crippen LogP contribution in [0.15, 0.2) is 0 Å². The molecule has 0 aromatic carbocycles. The summed E-state index contributed by atoms with van der Waals surface area (Å²) in [7, 11) is 1.72. The second kappa shape index (κ2) is 6.35. The fourth-order valence-corrected chi connectivity index (χ4v) is 0.773. The molecule has 0 amide bonds. The van der Waals surface area contributed by atoms with Crippen molar-refractivity contribution in [2.75, 3.05) is 20.3 Å². The Morgan fingerprint density at radius 2 is 2.00 bits per heavy atom. The molecule has 3 nitrogen and oxygen atoms in total. The molecule has 1 atom stereocenters. The molecule has 0 radical (unpaired) electrons. The Bertz CT molecular complexity index is 126. The number of rotatable bonds is 7. The summed E-state index contributed by atoms with van der Waals surface area (Å²) in [4.78, 5) is 0. The largest absolute Gasteiger partial charge is 0.380 e. The van der Waals surface area contributed by atoms with E-state index < -0.39 is 0 Å². The van der Waals surface area contributed by atoms with Crippen LogP contribution in [0.2, 0.25) is 0 Å². The van der Waals surface area contributed by atoms with E-state index in [2.05, 4.69) is 20.8 Å². The Morgan fingerprint density at radius 3 is 2.46 bits per heavy atom. The molecule has 0 saturated carbocycles. The second-order valence-corrected chi connectivity index (χ2v) is 3.96. The summed E-state index contributed by atoms with van der Waals surface area (Å²) in [6, 6.07) is 0.172. The van der Waals surface area contributed by atoms with Gasteiger partial charge in [-0.15, -0.1) is 0 Å². The molecule has 0 aliphatic rings. The zero-order chi connectivity index (χ0) is 10.3. The molecular formula is C10H23NO2. The fourth-order valence-electron chi connectivity index (χ4n) is 0.773. The van der Waals surface area contributed by atoms with Crippen molar-refractivity contribution in [1.82, 2.24) is 0 Å². The lowest BCUT2D eigenvalue weighted by Gasteiger charge is -2.22. The Balaban J connectivity index is 3.35. The number of ether oxygens (including phenoxy) is 2. The van der Waals surface area contributed by atoms with Crippen LogP contribution in [0.5, 0.6) is 0 Å². The fraction of sp³-hybridized carbons (Fsp3) is 1.00. The lowest BCUT2D eigenvalue weighted by atomic mass is 10.1. The van der Waals surface area contributed by atoms with E-state index in [4.69, 9.17) is 15.2 Å². The topological polar surface area (TPSA) is 44.5 Å². The highest BCUT2D eigenvalue weighted by molar-refractivity contribution is 4.67. The van der Waals surface area contributed by atoms with E-state index >= 15 is 0 Å². The number of hydrogen-bond acceptors (Lipinski definition) is 3. The Kier molecular flexibility index (Phi) is 6.29. The van der Waals surface area contributed by atoms with Crippen LogP contribution < -0.4 is 5.73 Å². The van der Waals surface area contributed by atoms with Crippen LogP contribution >= 0.6 is 0 Å². The van der Waals surface area contributed by atoms with E-state index in [0.29, 0.717) is 13.2 Å². The molecule has 0 heterocycles. The van der Waals surface area contributed by atoms with Crippen molar-refractivity contribution in [1.29, 1.82) is 0 Å². The van der Waals surface area contributed by atoms with Gasteiger partial charge in [0.25, 0.3) is 0 Å². The molecule has 0 bridgehead atoms. The minimum absolute atomic E-state index is 0.0870. The van der Waals surface area contributed by atoms with Gasteiger partial charge >= 0.3 is 0 Å². The first-order chi connectivity index (χ1) is 6.02. The predicted molar refractivity (Wildman–Crippen MR) is 54.8 cm³/mol. The maximum atomic E-state index is 5.70. The molecule has 0 fully saturated rings. The maximum Gasteiger partial charge on any atom is 0.0644 e. The van der Waals surface area contributed by atoms with Gasteiger partial charge in [0.15, 0.2) is 0 Å². The lowest BCUT2D eigenvalue weighted by molar-refractivity contribution is -0.0113. The zero-order valence-electron chi connectivity index (χ0n) is 9.30. The second-order valence-electron chi connectivity index (χ2n) is 3.96. The zero-order valence-corrected chi connectivity index (χ0v) is 9.30. The van der Waals surface area contributed by atoms with Crippen molar-refractivity contribution in [2.45, 2.75) is 45.3 Å². The molecule has 80 valence electrons. The molecule has 2 N–H and O–H groups in total. The van der Waals surface area contributed by atoms with E-state index in [9.17, 15) is 0 Å². The molecular weight excluding hydrogens is 166 g/mol. The van der Waals surface area contributed by atoms with Gasteiger partial charge in [-0.1, -0.05) is 6.92 Å². The first-order valence-corrected chi connectivity index (χ1v) is 4.90. The van der Waals surface area contributed by atoms with Gasteiger partial charge in [-0.3, -0.25) is 0 Å². The number of methoxy groups -OCH3 is 1. The third-order valence-electron chi connectivity index (χ3n) is 2.26. The molecule has 0 saturated heterocycles. The van der Waals surface area contributed by atoms with Crippen molar-refractivity contribution >= 4 is 0 Å². The molecule has 3 heteroatoms. The minimum Gasteiger partial charge on any atom is -0.380 e. The molecule has 0 aromatic heterocycles. The summed E-state index contributed by atoms with van der Waals surface area (Å²) in [5.41, 5.74) is 5.61. The van der Waals surface area contributed by atoms with E-state index in [1.807, 2.05) is 0 Å². The first-order valence-electron chi connectivity index (χ1n) is 4.90. The van der Waals surface area contributed by atoms with Gasteiger partial charge < -0.3 is 15.2 Å². The van der Waals surface area contributed by atoms with Crippen LogP contribution in [0, 0.1) is 0 Å². The molecule has 0 aromatic rings. The van der Waals surface area contributed by atoms with E-state index in [1.165, 1.54) is 0 Å². The number of hydrogen-bond donors (Lipinski definition) is 1. The van der Waals surface area contributed by atoms with E-state index in [1.54, 1.807) is 7.11 Å². The van der Waals surface area contributed by atoms with Gasteiger partial charge in [-0.25, -0.2) is 0 Å². The van der Waals surface area contributed by atoms with Crippen molar-refractivity contribution in [3.8, 4) is 0 Å². The summed E-state index contributed by atoms with van der Waals surface area (Å²) in [6.45, 7) is 7.53. The van der Waals surface area contributed by atoms with Crippen molar-refractivity contribution in [3.63, 3.8) is 0 Å². The van der Waals surface area contributed by atoms with Gasteiger partial charge in [0.1, 0.15) is 0 Å². The smallest absolute Gasteiger partial charge is 0.0644 e. The SMILES string of the molecule is CCC(N)COCCC(C)(C)OC. The molecule has 0 spiro atoms. The highest BCUT2D eigenvalue weighted by Gasteiger charge is 2.15. The summed E-state index contributed by atoms with van der Waals surface area (Å²) in [6.07, 6.45) is 1.87. The van der Waals surface area contributed by atoms with Crippen LogP contribution in [0.3, 0.4) is 0 Å². The Morgan fingerprint density at radius 1 is 1.38 bits per heavy atom. The third kappa shape index (κ3) is 6.99.